The van der Waals surface area contributed by atoms with Gasteiger partial charge in [-0.2, -0.15) is 8.78 Å². The van der Waals surface area contributed by atoms with E-state index in [-0.39, 0.29) is 23.3 Å². The third-order valence-electron chi connectivity index (χ3n) is 3.25. The van der Waals surface area contributed by atoms with Crippen LogP contribution in [0.1, 0.15) is 24.9 Å². The topological polar surface area (TPSA) is 55.4 Å². The van der Waals surface area contributed by atoms with Crippen LogP contribution in [0.5, 0.6) is 5.75 Å². The minimum Gasteiger partial charge on any atom is -0.435 e. The summed E-state index contributed by atoms with van der Waals surface area (Å²) in [5.74, 6) is 0.147. The first kappa shape index (κ1) is 15.2. The fourth-order valence-electron chi connectivity index (χ4n) is 2.27. The van der Waals surface area contributed by atoms with E-state index >= 15 is 0 Å². The Bertz CT molecular complexity index is 562. The fourth-order valence-corrected chi connectivity index (χ4v) is 3.94. The Balaban J connectivity index is 2.24. The van der Waals surface area contributed by atoms with E-state index in [0.717, 1.165) is 0 Å². The molecule has 20 heavy (non-hydrogen) atoms. The maximum absolute atomic E-state index is 12.2. The van der Waals surface area contributed by atoms with Crippen LogP contribution in [0.15, 0.2) is 24.3 Å². The van der Waals surface area contributed by atoms with E-state index in [1.54, 1.807) is 12.1 Å². The molecule has 4 nitrogen and oxygen atoms in total. The van der Waals surface area contributed by atoms with Crippen molar-refractivity contribution in [3.8, 4) is 5.75 Å². The van der Waals surface area contributed by atoms with Crippen molar-refractivity contribution in [3.05, 3.63) is 29.8 Å². The summed E-state index contributed by atoms with van der Waals surface area (Å²) in [5, 5.41) is 3.21. The summed E-state index contributed by atoms with van der Waals surface area (Å²) < 4.78 is 52.5. The van der Waals surface area contributed by atoms with Crippen LogP contribution in [0.3, 0.4) is 0 Å². The molecule has 2 rings (SSSR count). The molecular formula is C13H17F2NO3S. The quantitative estimate of drug-likeness (QED) is 0.929. The van der Waals surface area contributed by atoms with Crippen LogP contribution in [0.4, 0.5) is 8.78 Å². The minimum absolute atomic E-state index is 0.0323. The van der Waals surface area contributed by atoms with Crippen molar-refractivity contribution in [2.75, 3.05) is 11.5 Å². The molecular weight excluding hydrogens is 288 g/mol. The Hall–Kier alpha value is -1.21. The van der Waals surface area contributed by atoms with Crippen LogP contribution in [-0.2, 0) is 9.84 Å². The summed E-state index contributed by atoms with van der Waals surface area (Å²) in [4.78, 5) is 0. The van der Waals surface area contributed by atoms with Gasteiger partial charge in [-0.1, -0.05) is 12.1 Å². The Labute approximate surface area is 117 Å². The lowest BCUT2D eigenvalue weighted by Gasteiger charge is -2.20. The molecule has 1 aliphatic rings. The van der Waals surface area contributed by atoms with Crippen molar-refractivity contribution in [1.82, 2.24) is 5.32 Å². The van der Waals surface area contributed by atoms with Gasteiger partial charge in [0.15, 0.2) is 9.84 Å². The Morgan fingerprint density at radius 2 is 2.15 bits per heavy atom. The summed E-state index contributed by atoms with van der Waals surface area (Å²) >= 11 is 0. The SMILES string of the molecule is CC1CCS(=O)(=O)CC(c2cccc(OC(F)F)c2)N1. The van der Waals surface area contributed by atoms with Gasteiger partial charge in [0.1, 0.15) is 5.75 Å². The molecule has 0 amide bonds. The average molecular weight is 305 g/mol. The number of ether oxygens (including phenoxy) is 1. The van der Waals surface area contributed by atoms with Crippen LogP contribution in [-0.4, -0.2) is 32.6 Å². The summed E-state index contributed by atoms with van der Waals surface area (Å²) in [6.07, 6.45) is 0.548. The molecule has 2 atom stereocenters. The second-order valence-electron chi connectivity index (χ2n) is 4.97. The first-order valence-corrected chi connectivity index (χ1v) is 8.19. The zero-order chi connectivity index (χ0) is 14.8. The van der Waals surface area contributed by atoms with Gasteiger partial charge in [-0.25, -0.2) is 8.42 Å². The molecule has 1 aromatic rings. The molecule has 0 radical (unpaired) electrons. The monoisotopic (exact) mass is 305 g/mol. The van der Waals surface area contributed by atoms with Gasteiger partial charge in [0, 0.05) is 12.1 Å². The van der Waals surface area contributed by atoms with Crippen molar-refractivity contribution >= 4 is 9.84 Å². The zero-order valence-electron chi connectivity index (χ0n) is 11.1. The van der Waals surface area contributed by atoms with Gasteiger partial charge in [-0.15, -0.1) is 0 Å². The Kier molecular flexibility index (Phi) is 4.59. The summed E-state index contributed by atoms with van der Waals surface area (Å²) in [5.41, 5.74) is 0.639. The molecule has 0 spiro atoms. The maximum atomic E-state index is 12.2. The zero-order valence-corrected chi connectivity index (χ0v) is 11.9. The number of benzene rings is 1. The fraction of sp³-hybridized carbons (Fsp3) is 0.538. The molecule has 1 aliphatic heterocycles. The Morgan fingerprint density at radius 1 is 1.40 bits per heavy atom. The average Bonchev–Trinajstić information content (AvgIpc) is 2.48. The lowest BCUT2D eigenvalue weighted by Crippen LogP contribution is -2.31. The van der Waals surface area contributed by atoms with Gasteiger partial charge in [0.2, 0.25) is 0 Å². The largest absolute Gasteiger partial charge is 0.435 e. The highest BCUT2D eigenvalue weighted by Crippen LogP contribution is 2.24. The van der Waals surface area contributed by atoms with E-state index < -0.39 is 22.5 Å². The molecule has 1 aromatic carbocycles. The van der Waals surface area contributed by atoms with Gasteiger partial charge < -0.3 is 10.1 Å². The second-order valence-corrected chi connectivity index (χ2v) is 7.20. The van der Waals surface area contributed by atoms with E-state index in [1.165, 1.54) is 12.1 Å². The molecule has 1 N–H and O–H groups in total. The van der Waals surface area contributed by atoms with E-state index in [4.69, 9.17) is 0 Å². The van der Waals surface area contributed by atoms with Crippen LogP contribution < -0.4 is 10.1 Å². The standard InChI is InChI=1S/C13H17F2NO3S/c1-9-5-6-20(17,18)8-12(16-9)10-3-2-4-11(7-10)19-13(14)15/h2-4,7,9,12-13,16H,5-6,8H2,1H3. The highest BCUT2D eigenvalue weighted by Gasteiger charge is 2.27. The van der Waals surface area contributed by atoms with Crippen LogP contribution in [0.25, 0.3) is 0 Å². The number of sulfone groups is 1. The van der Waals surface area contributed by atoms with Crippen molar-refractivity contribution in [3.63, 3.8) is 0 Å². The van der Waals surface area contributed by atoms with Gasteiger partial charge in [0.05, 0.1) is 11.5 Å². The number of rotatable bonds is 3. The van der Waals surface area contributed by atoms with Crippen LogP contribution in [0.2, 0.25) is 0 Å². The van der Waals surface area contributed by atoms with E-state index in [0.29, 0.717) is 12.0 Å². The van der Waals surface area contributed by atoms with Crippen molar-refractivity contribution in [1.29, 1.82) is 0 Å². The predicted octanol–water partition coefficient (Wildman–Crippen LogP) is 2.13. The number of hydrogen-bond donors (Lipinski definition) is 1. The predicted molar refractivity (Wildman–Crippen MR) is 71.7 cm³/mol. The number of nitrogens with one attached hydrogen (secondary N) is 1. The van der Waals surface area contributed by atoms with Crippen LogP contribution in [0, 0.1) is 0 Å². The highest BCUT2D eigenvalue weighted by molar-refractivity contribution is 7.91. The second kappa shape index (κ2) is 6.05. The van der Waals surface area contributed by atoms with E-state index in [2.05, 4.69) is 10.1 Å². The first-order valence-electron chi connectivity index (χ1n) is 6.37. The summed E-state index contributed by atoms with van der Waals surface area (Å²) in [7, 11) is -3.14. The normalized spacial score (nSPS) is 26.2. The first-order chi connectivity index (χ1) is 9.35. The number of halogens is 2. The molecule has 1 fully saturated rings. The lowest BCUT2D eigenvalue weighted by atomic mass is 10.1. The van der Waals surface area contributed by atoms with Crippen molar-refractivity contribution < 1.29 is 21.9 Å². The minimum atomic E-state index is -3.14. The third-order valence-corrected chi connectivity index (χ3v) is 4.95. The Morgan fingerprint density at radius 3 is 2.85 bits per heavy atom. The van der Waals surface area contributed by atoms with Gasteiger partial charge in [-0.05, 0) is 31.0 Å². The maximum Gasteiger partial charge on any atom is 0.387 e. The molecule has 2 unspecified atom stereocenters. The number of alkyl halides is 2. The molecule has 112 valence electrons. The summed E-state index contributed by atoms with van der Waals surface area (Å²) in [6, 6.07) is 5.82. The molecule has 0 aromatic heterocycles. The van der Waals surface area contributed by atoms with E-state index in [1.807, 2.05) is 6.92 Å². The molecule has 1 saturated heterocycles. The van der Waals surface area contributed by atoms with Crippen molar-refractivity contribution in [2.24, 2.45) is 0 Å². The van der Waals surface area contributed by atoms with E-state index in [9.17, 15) is 17.2 Å². The molecule has 0 bridgehead atoms. The lowest BCUT2D eigenvalue weighted by molar-refractivity contribution is -0.0499. The highest BCUT2D eigenvalue weighted by atomic mass is 32.2. The smallest absolute Gasteiger partial charge is 0.387 e. The molecule has 1 heterocycles. The van der Waals surface area contributed by atoms with Gasteiger partial charge in [-0.3, -0.25) is 0 Å². The third kappa shape index (κ3) is 4.14. The number of hydrogen-bond acceptors (Lipinski definition) is 4. The molecule has 0 saturated carbocycles. The van der Waals surface area contributed by atoms with Gasteiger partial charge in [0.25, 0.3) is 0 Å². The van der Waals surface area contributed by atoms with Gasteiger partial charge >= 0.3 is 6.61 Å². The molecule has 0 aliphatic carbocycles. The summed E-state index contributed by atoms with van der Waals surface area (Å²) in [6.45, 7) is -0.983. The van der Waals surface area contributed by atoms with Crippen molar-refractivity contribution in [2.45, 2.75) is 32.0 Å². The molecule has 7 heteroatoms. The van der Waals surface area contributed by atoms with Crippen LogP contribution >= 0.6 is 0 Å².